The molecule has 2 N–H and O–H groups in total. The summed E-state index contributed by atoms with van der Waals surface area (Å²) in [5, 5.41) is 12.2. The number of hydrogen-bond donors (Lipinski definition) is 2. The van der Waals surface area contributed by atoms with Crippen molar-refractivity contribution in [3.63, 3.8) is 0 Å². The van der Waals surface area contributed by atoms with Gasteiger partial charge in [-0.15, -0.1) is 0 Å². The summed E-state index contributed by atoms with van der Waals surface area (Å²) in [6, 6.07) is 22.7. The normalized spacial score (nSPS) is 21.3. The second-order valence-electron chi connectivity index (χ2n) is 13.6. The number of ether oxygens (including phenoxy) is 3. The highest BCUT2D eigenvalue weighted by atomic mass is 35.5. The number of carbonyl (C=O) groups excluding carboxylic acids is 2. The standard InChI is InChI=1S/C41H35Cl2N5O8/c1-54-27-13-10-24(11-14-27)41-29(15-9-23-19-34(55-2)36(49)35(20-23)56-3)28-17-18-45-39(52)46(26-7-5-4-6-8-26)40(53)48(45)33(28)22-30(41)37(50)47(38(41)51)44-32-16-12-25(42)21-31(32)43/h4-17,19-21,29-30,33,44,49H,18,22H2,1-3H3/t29-,30-,33+,41-/m0/s1. The second kappa shape index (κ2) is 14.2. The minimum Gasteiger partial charge on any atom is -0.502 e. The number of amides is 2. The molecule has 2 aliphatic heterocycles. The number of phenolic OH excluding ortho intramolecular Hbond substituents is 1. The third-order valence-electron chi connectivity index (χ3n) is 10.9. The first-order valence-electron chi connectivity index (χ1n) is 17.6. The molecule has 0 spiro atoms. The molecular weight excluding hydrogens is 761 g/mol. The SMILES string of the molecule is COc1ccc([C@@]23C(=O)N(Nc4ccc(Cl)cc4Cl)C(=O)[C@@H]2C[C@@H]2C(=CCn4c(=O)n(-c5ccccc5)c(=O)n42)[C@@H]3C=Cc2cc(OC)c(O)c(OC)c2)cc1. The number of imide groups is 1. The topological polar surface area (TPSA) is 146 Å². The summed E-state index contributed by atoms with van der Waals surface area (Å²) in [6.07, 6.45) is 5.43. The van der Waals surface area contributed by atoms with Crippen LogP contribution in [0.3, 0.4) is 0 Å². The van der Waals surface area contributed by atoms with Crippen molar-refractivity contribution in [2.45, 2.75) is 24.4 Å². The van der Waals surface area contributed by atoms with Crippen LogP contribution in [0, 0.1) is 11.8 Å². The quantitative estimate of drug-likeness (QED) is 0.136. The van der Waals surface area contributed by atoms with Crippen molar-refractivity contribution in [2.24, 2.45) is 11.8 Å². The number of anilines is 1. The van der Waals surface area contributed by atoms with Crippen LogP contribution >= 0.6 is 23.2 Å². The van der Waals surface area contributed by atoms with E-state index in [1.54, 1.807) is 84.9 Å². The van der Waals surface area contributed by atoms with Gasteiger partial charge in [-0.25, -0.2) is 23.5 Å². The zero-order valence-electron chi connectivity index (χ0n) is 30.3. The Kier molecular flexibility index (Phi) is 9.29. The number of hydrogen-bond acceptors (Lipinski definition) is 9. The van der Waals surface area contributed by atoms with Gasteiger partial charge in [0.1, 0.15) is 5.75 Å². The number of allylic oxidation sites excluding steroid dienone is 3. The predicted octanol–water partition coefficient (Wildman–Crippen LogP) is 6.00. The maximum Gasteiger partial charge on any atom is 0.352 e. The molecule has 2 amide bonds. The van der Waals surface area contributed by atoms with E-state index in [0.29, 0.717) is 33.2 Å². The lowest BCUT2D eigenvalue weighted by Crippen LogP contribution is -2.54. The number of hydrazine groups is 1. The van der Waals surface area contributed by atoms with Gasteiger partial charge in [0.2, 0.25) is 5.75 Å². The lowest BCUT2D eigenvalue weighted by Gasteiger charge is -2.47. The zero-order valence-corrected chi connectivity index (χ0v) is 31.8. The van der Waals surface area contributed by atoms with Crippen molar-refractivity contribution >= 4 is 46.8 Å². The molecule has 0 unspecified atom stereocenters. The number of aromatic nitrogens is 3. The van der Waals surface area contributed by atoms with E-state index < -0.39 is 46.5 Å². The van der Waals surface area contributed by atoms with Crippen LogP contribution in [0.2, 0.25) is 10.0 Å². The summed E-state index contributed by atoms with van der Waals surface area (Å²) in [7, 11) is 4.37. The molecule has 3 aliphatic rings. The average molecular weight is 797 g/mol. The fraction of sp³-hybridized carbons (Fsp3) is 0.220. The number of rotatable bonds is 9. The first-order valence-corrected chi connectivity index (χ1v) is 18.4. The minimum absolute atomic E-state index is 0.00168. The number of methoxy groups -OCH3 is 3. The zero-order chi connectivity index (χ0) is 39.5. The van der Waals surface area contributed by atoms with Crippen molar-refractivity contribution < 1.29 is 28.9 Å². The van der Waals surface area contributed by atoms with Gasteiger partial charge in [-0.05, 0) is 77.7 Å². The third-order valence-corrected chi connectivity index (χ3v) is 11.4. The molecule has 4 aromatic carbocycles. The van der Waals surface area contributed by atoms with Crippen LogP contribution in [-0.4, -0.2) is 57.2 Å². The largest absolute Gasteiger partial charge is 0.502 e. The Balaban J connectivity index is 1.36. The van der Waals surface area contributed by atoms with Crippen LogP contribution in [-0.2, 0) is 21.5 Å². The summed E-state index contributed by atoms with van der Waals surface area (Å²) >= 11 is 12.7. The smallest absolute Gasteiger partial charge is 0.352 e. The maximum atomic E-state index is 15.4. The van der Waals surface area contributed by atoms with Gasteiger partial charge < -0.3 is 19.3 Å². The highest BCUT2D eigenvalue weighted by Gasteiger charge is 2.68. The molecule has 56 heavy (non-hydrogen) atoms. The third kappa shape index (κ3) is 5.60. The number of nitrogens with zero attached hydrogens (tertiary/aromatic N) is 4. The summed E-state index contributed by atoms with van der Waals surface area (Å²) in [5.74, 6) is -2.38. The highest BCUT2D eigenvalue weighted by Crippen LogP contribution is 2.59. The van der Waals surface area contributed by atoms with E-state index in [0.717, 1.165) is 9.58 Å². The van der Waals surface area contributed by atoms with E-state index >= 15 is 4.79 Å². The molecule has 5 aromatic rings. The molecule has 8 rings (SSSR count). The predicted molar refractivity (Wildman–Crippen MR) is 210 cm³/mol. The van der Waals surface area contributed by atoms with Crippen molar-refractivity contribution in [2.75, 3.05) is 26.8 Å². The van der Waals surface area contributed by atoms with Crippen LogP contribution in [0.15, 0.2) is 112 Å². The van der Waals surface area contributed by atoms with Gasteiger partial charge in [-0.2, -0.15) is 5.01 Å². The van der Waals surface area contributed by atoms with Crippen molar-refractivity contribution in [3.8, 4) is 28.7 Å². The van der Waals surface area contributed by atoms with Crippen molar-refractivity contribution in [1.29, 1.82) is 0 Å². The second-order valence-corrected chi connectivity index (χ2v) is 14.4. The Morgan fingerprint density at radius 3 is 2.20 bits per heavy atom. The monoisotopic (exact) mass is 795 g/mol. The fourth-order valence-corrected chi connectivity index (χ4v) is 8.82. The van der Waals surface area contributed by atoms with Crippen LogP contribution in [0.4, 0.5) is 5.69 Å². The first-order chi connectivity index (χ1) is 27.0. The number of benzene rings is 4. The fourth-order valence-electron chi connectivity index (χ4n) is 8.37. The molecular formula is C41H35Cl2N5O8. The van der Waals surface area contributed by atoms with E-state index in [1.165, 1.54) is 36.8 Å². The summed E-state index contributed by atoms with van der Waals surface area (Å²) in [4.78, 5) is 58.6. The Bertz CT molecular complexity index is 2550. The Morgan fingerprint density at radius 1 is 0.857 bits per heavy atom. The molecule has 13 nitrogen and oxygen atoms in total. The number of para-hydroxylation sites is 1. The Hall–Kier alpha value is -6.18. The molecule has 3 heterocycles. The highest BCUT2D eigenvalue weighted by molar-refractivity contribution is 6.36. The van der Waals surface area contributed by atoms with Crippen LogP contribution in [0.25, 0.3) is 11.8 Å². The molecule has 1 saturated carbocycles. The lowest BCUT2D eigenvalue weighted by atomic mass is 9.54. The number of carbonyl (C=O) groups is 2. The van der Waals surface area contributed by atoms with Gasteiger partial charge in [0.15, 0.2) is 11.5 Å². The molecule has 4 atom stereocenters. The maximum absolute atomic E-state index is 15.4. The number of phenols is 1. The Morgan fingerprint density at radius 2 is 1.55 bits per heavy atom. The van der Waals surface area contributed by atoms with Crippen molar-refractivity contribution in [1.82, 2.24) is 18.9 Å². The summed E-state index contributed by atoms with van der Waals surface area (Å²) in [6.45, 7) is 0.0266. The van der Waals surface area contributed by atoms with Gasteiger partial charge >= 0.3 is 11.4 Å². The molecule has 0 bridgehead atoms. The van der Waals surface area contributed by atoms with Gasteiger partial charge in [0.05, 0.1) is 61.6 Å². The number of nitrogens with one attached hydrogen (secondary N) is 1. The number of aromatic hydroxyl groups is 1. The van der Waals surface area contributed by atoms with Crippen LogP contribution in [0.1, 0.15) is 23.6 Å². The summed E-state index contributed by atoms with van der Waals surface area (Å²) < 4.78 is 20.2. The van der Waals surface area contributed by atoms with Gasteiger partial charge in [-0.3, -0.25) is 15.0 Å². The first kappa shape index (κ1) is 36.8. The van der Waals surface area contributed by atoms with E-state index in [2.05, 4.69) is 5.43 Å². The number of halogens is 2. The van der Waals surface area contributed by atoms with E-state index in [-0.39, 0.29) is 40.9 Å². The Labute approximate surface area is 330 Å². The lowest BCUT2D eigenvalue weighted by molar-refractivity contribution is -0.138. The van der Waals surface area contributed by atoms with Crippen LogP contribution in [0.5, 0.6) is 23.0 Å². The molecule has 15 heteroatoms. The minimum atomic E-state index is -1.58. The summed E-state index contributed by atoms with van der Waals surface area (Å²) in [5.41, 5.74) is 2.70. The van der Waals surface area contributed by atoms with E-state index in [1.807, 2.05) is 12.2 Å². The van der Waals surface area contributed by atoms with Crippen molar-refractivity contribution in [3.05, 3.63) is 145 Å². The average Bonchev–Trinajstić information content (AvgIpc) is 3.59. The van der Waals surface area contributed by atoms with Crippen LogP contribution < -0.4 is 31.0 Å². The molecule has 286 valence electrons. The molecule has 1 aromatic heterocycles. The molecule has 1 saturated heterocycles. The molecule has 1 aliphatic carbocycles. The van der Waals surface area contributed by atoms with Gasteiger partial charge in [-0.1, -0.05) is 71.8 Å². The molecule has 0 radical (unpaired) electrons. The van der Waals surface area contributed by atoms with E-state index in [9.17, 15) is 19.5 Å². The van der Waals surface area contributed by atoms with E-state index in [4.69, 9.17) is 37.4 Å². The van der Waals surface area contributed by atoms with Gasteiger partial charge in [0, 0.05) is 10.9 Å². The number of fused-ring (bicyclic) bond motifs is 4. The molecule has 2 fully saturated rings. The van der Waals surface area contributed by atoms with Gasteiger partial charge in [0.25, 0.3) is 11.8 Å².